The predicted octanol–water partition coefficient (Wildman–Crippen LogP) is 1.73. The van der Waals surface area contributed by atoms with Gasteiger partial charge in [0.25, 0.3) is 11.7 Å². The van der Waals surface area contributed by atoms with E-state index < -0.39 is 17.8 Å². The minimum Gasteiger partial charge on any atom is -0.390 e. The Balaban J connectivity index is 2.39. The number of amides is 1. The fourth-order valence-electron chi connectivity index (χ4n) is 1.71. The summed E-state index contributed by atoms with van der Waals surface area (Å²) in [7, 11) is 0. The zero-order chi connectivity index (χ0) is 12.6. The Bertz CT molecular complexity index is 490. The Hall–Kier alpha value is -0.720. The highest BCUT2D eigenvalue weighted by Gasteiger charge is 2.36. The SMILES string of the molecule is O=C1C(=O)N(CC(O)CBr)c2cc(Br)ccc21. The van der Waals surface area contributed by atoms with Gasteiger partial charge in [-0.05, 0) is 18.2 Å². The number of β-amino-alcohol motifs (C(OH)–C–C–N with tert-alkyl or cyclic N) is 1. The number of rotatable bonds is 3. The van der Waals surface area contributed by atoms with Gasteiger partial charge in [-0.25, -0.2) is 0 Å². The average molecular weight is 363 g/mol. The number of benzene rings is 1. The van der Waals surface area contributed by atoms with Crippen LogP contribution in [0.4, 0.5) is 5.69 Å². The number of aliphatic hydroxyl groups is 1. The van der Waals surface area contributed by atoms with E-state index in [1.807, 2.05) is 0 Å². The van der Waals surface area contributed by atoms with Gasteiger partial charge in [0.1, 0.15) is 0 Å². The van der Waals surface area contributed by atoms with Crippen LogP contribution in [0.3, 0.4) is 0 Å². The van der Waals surface area contributed by atoms with Gasteiger partial charge in [0.2, 0.25) is 0 Å². The Kier molecular flexibility index (Phi) is 3.65. The smallest absolute Gasteiger partial charge is 0.299 e. The van der Waals surface area contributed by atoms with Crippen molar-refractivity contribution >= 4 is 49.2 Å². The molecule has 0 aromatic heterocycles. The van der Waals surface area contributed by atoms with Crippen LogP contribution >= 0.6 is 31.9 Å². The van der Waals surface area contributed by atoms with E-state index in [0.29, 0.717) is 16.6 Å². The molecule has 90 valence electrons. The van der Waals surface area contributed by atoms with Crippen molar-refractivity contribution in [2.45, 2.75) is 6.10 Å². The standard InChI is InChI=1S/C11H9Br2NO3/c12-4-7(15)5-14-9-3-6(13)1-2-8(9)10(16)11(14)17/h1-3,7,15H,4-5H2. The van der Waals surface area contributed by atoms with Gasteiger partial charge < -0.3 is 10.0 Å². The van der Waals surface area contributed by atoms with Crippen LogP contribution in [0.25, 0.3) is 0 Å². The molecule has 0 spiro atoms. The number of anilines is 1. The number of alkyl halides is 1. The normalized spacial score (nSPS) is 16.3. The molecular weight excluding hydrogens is 354 g/mol. The summed E-state index contributed by atoms with van der Waals surface area (Å²) >= 11 is 6.42. The second kappa shape index (κ2) is 4.88. The van der Waals surface area contributed by atoms with Gasteiger partial charge in [-0.2, -0.15) is 0 Å². The zero-order valence-corrected chi connectivity index (χ0v) is 11.9. The molecule has 1 aliphatic rings. The third-order valence-corrected chi connectivity index (χ3v) is 3.75. The van der Waals surface area contributed by atoms with E-state index in [1.54, 1.807) is 18.2 Å². The van der Waals surface area contributed by atoms with E-state index in [9.17, 15) is 14.7 Å². The first-order valence-electron chi connectivity index (χ1n) is 4.94. The first-order valence-corrected chi connectivity index (χ1v) is 6.86. The van der Waals surface area contributed by atoms with Gasteiger partial charge in [0.15, 0.2) is 0 Å². The molecule has 0 saturated heterocycles. The van der Waals surface area contributed by atoms with Crippen LogP contribution in [-0.4, -0.2) is 34.8 Å². The van der Waals surface area contributed by atoms with Crippen molar-refractivity contribution in [1.82, 2.24) is 0 Å². The number of nitrogens with zero attached hydrogens (tertiary/aromatic N) is 1. The molecule has 1 aliphatic heterocycles. The van der Waals surface area contributed by atoms with Gasteiger partial charge in [-0.15, -0.1) is 0 Å². The molecule has 1 N–H and O–H groups in total. The van der Waals surface area contributed by atoms with Gasteiger partial charge in [0.05, 0.1) is 23.9 Å². The number of aliphatic hydroxyl groups excluding tert-OH is 1. The average Bonchev–Trinajstić information content (AvgIpc) is 2.54. The van der Waals surface area contributed by atoms with Gasteiger partial charge in [-0.1, -0.05) is 31.9 Å². The summed E-state index contributed by atoms with van der Waals surface area (Å²) in [5, 5.41) is 9.91. The Labute approximate surface area is 115 Å². The quantitative estimate of drug-likeness (QED) is 0.658. The molecule has 0 bridgehead atoms. The third kappa shape index (κ3) is 2.29. The number of carbonyl (C=O) groups is 2. The summed E-state index contributed by atoms with van der Waals surface area (Å²) in [6.45, 7) is 0.110. The summed E-state index contributed by atoms with van der Waals surface area (Å²) in [5.74, 6) is -1.10. The molecule has 1 heterocycles. The van der Waals surface area contributed by atoms with Crippen molar-refractivity contribution in [1.29, 1.82) is 0 Å². The number of carbonyl (C=O) groups excluding carboxylic acids is 2. The molecule has 6 heteroatoms. The lowest BCUT2D eigenvalue weighted by molar-refractivity contribution is -0.114. The molecule has 1 aromatic carbocycles. The molecule has 17 heavy (non-hydrogen) atoms. The minimum atomic E-state index is -0.698. The third-order valence-electron chi connectivity index (χ3n) is 2.51. The van der Waals surface area contributed by atoms with E-state index in [2.05, 4.69) is 31.9 Å². The maximum absolute atomic E-state index is 11.8. The van der Waals surface area contributed by atoms with Gasteiger partial charge >= 0.3 is 0 Å². The predicted molar refractivity (Wildman–Crippen MR) is 70.6 cm³/mol. The lowest BCUT2D eigenvalue weighted by atomic mass is 10.1. The molecule has 0 fully saturated rings. The summed E-state index contributed by atoms with van der Waals surface area (Å²) in [5.41, 5.74) is 0.939. The van der Waals surface area contributed by atoms with Crippen LogP contribution in [0.15, 0.2) is 22.7 Å². The van der Waals surface area contributed by atoms with Crippen molar-refractivity contribution < 1.29 is 14.7 Å². The molecule has 1 aromatic rings. The minimum absolute atomic E-state index is 0.110. The maximum atomic E-state index is 11.8. The molecular formula is C11H9Br2NO3. The fourth-order valence-corrected chi connectivity index (χ4v) is 2.26. The van der Waals surface area contributed by atoms with Crippen LogP contribution in [0, 0.1) is 0 Å². The second-order valence-corrected chi connectivity index (χ2v) is 5.28. The van der Waals surface area contributed by atoms with Crippen molar-refractivity contribution in [3.05, 3.63) is 28.2 Å². The Morgan fingerprint density at radius 3 is 2.71 bits per heavy atom. The highest BCUT2D eigenvalue weighted by Crippen LogP contribution is 2.31. The number of hydrogen-bond acceptors (Lipinski definition) is 3. The van der Waals surface area contributed by atoms with Crippen LogP contribution < -0.4 is 4.90 Å². The van der Waals surface area contributed by atoms with E-state index in [0.717, 1.165) is 4.47 Å². The van der Waals surface area contributed by atoms with Crippen molar-refractivity contribution in [2.24, 2.45) is 0 Å². The van der Waals surface area contributed by atoms with Gasteiger partial charge in [-0.3, -0.25) is 9.59 Å². The van der Waals surface area contributed by atoms with E-state index in [-0.39, 0.29) is 6.54 Å². The molecule has 2 rings (SSSR count). The Morgan fingerprint density at radius 2 is 2.06 bits per heavy atom. The van der Waals surface area contributed by atoms with Crippen molar-refractivity contribution in [3.63, 3.8) is 0 Å². The number of ketones is 1. The number of fused-ring (bicyclic) bond motifs is 1. The topological polar surface area (TPSA) is 57.6 Å². The first-order chi connectivity index (χ1) is 8.04. The summed E-state index contributed by atoms with van der Waals surface area (Å²) < 4.78 is 0.789. The lowest BCUT2D eigenvalue weighted by Crippen LogP contribution is -2.37. The molecule has 0 radical (unpaired) electrons. The fraction of sp³-hybridized carbons (Fsp3) is 0.273. The molecule has 1 amide bonds. The van der Waals surface area contributed by atoms with Gasteiger partial charge in [0, 0.05) is 9.80 Å². The molecule has 0 aliphatic carbocycles. The number of Topliss-reactive ketones (excluding diaryl/α,β-unsaturated/α-hetero) is 1. The van der Waals surface area contributed by atoms with Crippen LogP contribution in [-0.2, 0) is 4.79 Å². The van der Waals surface area contributed by atoms with Crippen molar-refractivity contribution in [3.8, 4) is 0 Å². The summed E-state index contributed by atoms with van der Waals surface area (Å²) in [6.07, 6.45) is -0.698. The highest BCUT2D eigenvalue weighted by atomic mass is 79.9. The van der Waals surface area contributed by atoms with Crippen LogP contribution in [0.2, 0.25) is 0 Å². The molecule has 0 saturated carbocycles. The summed E-state index contributed by atoms with van der Waals surface area (Å²) in [6, 6.07) is 5.04. The van der Waals surface area contributed by atoms with E-state index in [1.165, 1.54) is 4.90 Å². The van der Waals surface area contributed by atoms with Crippen LogP contribution in [0.5, 0.6) is 0 Å². The number of hydrogen-bond donors (Lipinski definition) is 1. The molecule has 1 unspecified atom stereocenters. The maximum Gasteiger partial charge on any atom is 0.299 e. The number of halogens is 2. The molecule has 4 nitrogen and oxygen atoms in total. The Morgan fingerprint density at radius 1 is 1.35 bits per heavy atom. The highest BCUT2D eigenvalue weighted by molar-refractivity contribution is 9.10. The monoisotopic (exact) mass is 361 g/mol. The van der Waals surface area contributed by atoms with Crippen LogP contribution in [0.1, 0.15) is 10.4 Å². The largest absolute Gasteiger partial charge is 0.390 e. The van der Waals surface area contributed by atoms with E-state index in [4.69, 9.17) is 0 Å². The van der Waals surface area contributed by atoms with Crippen molar-refractivity contribution in [2.75, 3.05) is 16.8 Å². The first kappa shape index (κ1) is 12.7. The molecule has 1 atom stereocenters. The second-order valence-electron chi connectivity index (χ2n) is 3.71. The summed E-state index contributed by atoms with van der Waals surface area (Å²) in [4.78, 5) is 24.8. The zero-order valence-electron chi connectivity index (χ0n) is 8.69. The van der Waals surface area contributed by atoms with E-state index >= 15 is 0 Å². The lowest BCUT2D eigenvalue weighted by Gasteiger charge is -2.19.